The van der Waals surface area contributed by atoms with Crippen LogP contribution in [-0.4, -0.2) is 18.9 Å². The Morgan fingerprint density at radius 2 is 2.38 bits per heavy atom. The van der Waals surface area contributed by atoms with E-state index in [0.717, 1.165) is 25.1 Å². The molecular formula is C12H13ClFNO. The minimum absolute atomic E-state index is 0.0786. The van der Waals surface area contributed by atoms with Crippen molar-refractivity contribution in [2.24, 2.45) is 5.92 Å². The summed E-state index contributed by atoms with van der Waals surface area (Å²) in [6.07, 6.45) is 1.24. The molecule has 0 radical (unpaired) electrons. The SMILES string of the molecule is O=C(Cc1ccc(F)c(Cl)c1)C1CCNC1. The van der Waals surface area contributed by atoms with Gasteiger partial charge in [0.2, 0.25) is 0 Å². The molecular weight excluding hydrogens is 229 g/mol. The third-order valence-corrected chi connectivity index (χ3v) is 3.17. The smallest absolute Gasteiger partial charge is 0.141 e. The maximum Gasteiger partial charge on any atom is 0.141 e. The molecule has 1 N–H and O–H groups in total. The maximum atomic E-state index is 12.9. The molecule has 1 aliphatic rings. The van der Waals surface area contributed by atoms with Gasteiger partial charge >= 0.3 is 0 Å². The highest BCUT2D eigenvalue weighted by Gasteiger charge is 2.22. The predicted molar refractivity (Wildman–Crippen MR) is 61.1 cm³/mol. The highest BCUT2D eigenvalue weighted by Crippen LogP contribution is 2.18. The van der Waals surface area contributed by atoms with Crippen molar-refractivity contribution in [2.75, 3.05) is 13.1 Å². The number of hydrogen-bond donors (Lipinski definition) is 1. The summed E-state index contributed by atoms with van der Waals surface area (Å²) >= 11 is 5.66. The van der Waals surface area contributed by atoms with Crippen molar-refractivity contribution < 1.29 is 9.18 Å². The molecule has 0 aromatic heterocycles. The molecule has 1 aromatic carbocycles. The van der Waals surface area contributed by atoms with Gasteiger partial charge in [-0.2, -0.15) is 0 Å². The summed E-state index contributed by atoms with van der Waals surface area (Å²) in [5, 5.41) is 3.23. The van der Waals surface area contributed by atoms with Crippen molar-refractivity contribution in [3.63, 3.8) is 0 Å². The van der Waals surface area contributed by atoms with Gasteiger partial charge in [-0.1, -0.05) is 17.7 Å². The van der Waals surface area contributed by atoms with E-state index in [4.69, 9.17) is 11.6 Å². The van der Waals surface area contributed by atoms with Crippen molar-refractivity contribution in [1.82, 2.24) is 5.32 Å². The molecule has 2 nitrogen and oxygen atoms in total. The van der Waals surface area contributed by atoms with Crippen molar-refractivity contribution in [2.45, 2.75) is 12.8 Å². The van der Waals surface area contributed by atoms with Gasteiger partial charge in [-0.3, -0.25) is 4.79 Å². The molecule has 1 fully saturated rings. The summed E-state index contributed by atoms with van der Waals surface area (Å²) in [6.45, 7) is 1.66. The number of carbonyl (C=O) groups is 1. The monoisotopic (exact) mass is 241 g/mol. The van der Waals surface area contributed by atoms with E-state index >= 15 is 0 Å². The van der Waals surface area contributed by atoms with Crippen LogP contribution in [0.25, 0.3) is 0 Å². The number of carbonyl (C=O) groups excluding carboxylic acids is 1. The summed E-state index contributed by atoms with van der Waals surface area (Å²) in [7, 11) is 0. The van der Waals surface area contributed by atoms with E-state index in [9.17, 15) is 9.18 Å². The average molecular weight is 242 g/mol. The highest BCUT2D eigenvalue weighted by molar-refractivity contribution is 6.30. The topological polar surface area (TPSA) is 29.1 Å². The van der Waals surface area contributed by atoms with E-state index in [1.165, 1.54) is 12.1 Å². The van der Waals surface area contributed by atoms with E-state index in [-0.39, 0.29) is 16.7 Å². The molecule has 86 valence electrons. The predicted octanol–water partition coefficient (Wildman–Crippen LogP) is 2.20. The molecule has 0 spiro atoms. The lowest BCUT2D eigenvalue weighted by molar-refractivity contribution is -0.121. The first kappa shape index (κ1) is 11.6. The molecule has 1 atom stereocenters. The summed E-state index contributed by atoms with van der Waals surface area (Å²) in [4.78, 5) is 11.8. The van der Waals surface area contributed by atoms with Gasteiger partial charge in [0.1, 0.15) is 11.6 Å². The molecule has 4 heteroatoms. The number of ketones is 1. The van der Waals surface area contributed by atoms with Crippen molar-refractivity contribution in [3.8, 4) is 0 Å². The number of rotatable bonds is 3. The molecule has 16 heavy (non-hydrogen) atoms. The average Bonchev–Trinajstić information content (AvgIpc) is 2.77. The molecule has 0 amide bonds. The Labute approximate surface area is 98.8 Å². The first-order chi connectivity index (χ1) is 7.66. The molecule has 1 unspecified atom stereocenters. The summed E-state index contributed by atoms with van der Waals surface area (Å²) in [5.74, 6) is -0.142. The largest absolute Gasteiger partial charge is 0.316 e. The highest BCUT2D eigenvalue weighted by atomic mass is 35.5. The second kappa shape index (κ2) is 4.93. The summed E-state index contributed by atoms with van der Waals surface area (Å²) < 4.78 is 12.9. The van der Waals surface area contributed by atoms with Crippen LogP contribution < -0.4 is 5.32 Å². The molecule has 1 saturated heterocycles. The van der Waals surface area contributed by atoms with E-state index in [2.05, 4.69) is 5.32 Å². The van der Waals surface area contributed by atoms with Crippen LogP contribution in [0.15, 0.2) is 18.2 Å². The normalized spacial score (nSPS) is 20.0. The van der Waals surface area contributed by atoms with Crippen LogP contribution in [0.4, 0.5) is 4.39 Å². The lowest BCUT2D eigenvalue weighted by Gasteiger charge is -2.07. The number of benzene rings is 1. The van der Waals surface area contributed by atoms with Crippen LogP contribution in [0.2, 0.25) is 5.02 Å². The zero-order valence-corrected chi connectivity index (χ0v) is 9.56. The summed E-state index contributed by atoms with van der Waals surface area (Å²) in [5.41, 5.74) is 0.781. The fraction of sp³-hybridized carbons (Fsp3) is 0.417. The lowest BCUT2D eigenvalue weighted by Crippen LogP contribution is -2.19. The zero-order chi connectivity index (χ0) is 11.5. The minimum atomic E-state index is -0.444. The minimum Gasteiger partial charge on any atom is -0.316 e. The van der Waals surface area contributed by atoms with Gasteiger partial charge in [0.25, 0.3) is 0 Å². The van der Waals surface area contributed by atoms with Gasteiger partial charge in [0, 0.05) is 18.9 Å². The van der Waals surface area contributed by atoms with Gasteiger partial charge in [0.05, 0.1) is 5.02 Å². The molecule has 2 rings (SSSR count). The second-order valence-electron chi connectivity index (χ2n) is 4.08. The van der Waals surface area contributed by atoms with Crippen LogP contribution in [0.1, 0.15) is 12.0 Å². The molecule has 0 aliphatic carbocycles. The molecule has 1 aliphatic heterocycles. The Hall–Kier alpha value is -0.930. The van der Waals surface area contributed by atoms with Crippen molar-refractivity contribution in [3.05, 3.63) is 34.6 Å². The first-order valence-corrected chi connectivity index (χ1v) is 5.72. The van der Waals surface area contributed by atoms with Crippen LogP contribution in [0.5, 0.6) is 0 Å². The van der Waals surface area contributed by atoms with Crippen molar-refractivity contribution in [1.29, 1.82) is 0 Å². The van der Waals surface area contributed by atoms with Gasteiger partial charge < -0.3 is 5.32 Å². The van der Waals surface area contributed by atoms with Crippen LogP contribution in [0, 0.1) is 11.7 Å². The van der Waals surface area contributed by atoms with E-state index < -0.39 is 5.82 Å². The van der Waals surface area contributed by atoms with Gasteiger partial charge in [0.15, 0.2) is 0 Å². The van der Waals surface area contributed by atoms with Crippen LogP contribution in [0.3, 0.4) is 0 Å². The fourth-order valence-electron chi connectivity index (χ4n) is 1.92. The van der Waals surface area contributed by atoms with Crippen LogP contribution >= 0.6 is 11.6 Å². The first-order valence-electron chi connectivity index (χ1n) is 5.34. The third kappa shape index (κ3) is 2.60. The van der Waals surface area contributed by atoms with Crippen molar-refractivity contribution >= 4 is 17.4 Å². The molecule has 0 bridgehead atoms. The van der Waals surface area contributed by atoms with E-state index in [1.807, 2.05) is 0 Å². The summed E-state index contributed by atoms with van der Waals surface area (Å²) in [6, 6.07) is 4.44. The Balaban J connectivity index is 2.02. The van der Waals surface area contributed by atoms with Gasteiger partial charge in [-0.25, -0.2) is 4.39 Å². The van der Waals surface area contributed by atoms with E-state index in [1.54, 1.807) is 6.07 Å². The Morgan fingerprint density at radius 1 is 1.56 bits per heavy atom. The molecule has 1 heterocycles. The quantitative estimate of drug-likeness (QED) is 0.879. The number of nitrogens with one attached hydrogen (secondary N) is 1. The third-order valence-electron chi connectivity index (χ3n) is 2.88. The van der Waals surface area contributed by atoms with E-state index in [0.29, 0.717) is 6.42 Å². The Kier molecular flexibility index (Phi) is 3.56. The molecule has 1 aromatic rings. The maximum absolute atomic E-state index is 12.9. The number of hydrogen-bond acceptors (Lipinski definition) is 2. The fourth-order valence-corrected chi connectivity index (χ4v) is 2.13. The standard InChI is InChI=1S/C12H13ClFNO/c13-10-5-8(1-2-11(10)14)6-12(16)9-3-4-15-7-9/h1-2,5,9,15H,3-4,6-7H2. The zero-order valence-electron chi connectivity index (χ0n) is 8.80. The number of Topliss-reactive ketones (excluding diaryl/α,β-unsaturated/α-hetero) is 1. The Bertz CT molecular complexity index is 402. The lowest BCUT2D eigenvalue weighted by atomic mass is 9.97. The van der Waals surface area contributed by atoms with Gasteiger partial charge in [-0.15, -0.1) is 0 Å². The van der Waals surface area contributed by atoms with Gasteiger partial charge in [-0.05, 0) is 30.7 Å². The Morgan fingerprint density at radius 3 is 3.00 bits per heavy atom. The second-order valence-corrected chi connectivity index (χ2v) is 4.49. The van der Waals surface area contributed by atoms with Crippen LogP contribution in [-0.2, 0) is 11.2 Å². The molecule has 0 saturated carbocycles. The number of halogens is 2.